The highest BCUT2D eigenvalue weighted by atomic mass is 127. The van der Waals surface area contributed by atoms with Gasteiger partial charge in [-0.05, 0) is 46.7 Å². The summed E-state index contributed by atoms with van der Waals surface area (Å²) in [5, 5.41) is 0. The van der Waals surface area contributed by atoms with Crippen LogP contribution in [0.2, 0.25) is 0 Å². The fraction of sp³-hybridized carbons (Fsp3) is 0.318. The Balaban J connectivity index is 2.11. The number of Topliss-reactive ketones (excluding diaryl/α,β-unsaturated/α-hetero) is 1. The van der Waals surface area contributed by atoms with Crippen molar-refractivity contribution in [3.63, 3.8) is 0 Å². The summed E-state index contributed by atoms with van der Waals surface area (Å²) < 4.78 is 17.0. The van der Waals surface area contributed by atoms with Crippen LogP contribution in [0, 0.1) is 0 Å². The number of carbonyl (C=O) groups is 3. The van der Waals surface area contributed by atoms with Gasteiger partial charge in [0.25, 0.3) is 11.5 Å². The molecule has 2 aromatic rings. The minimum Gasteiger partial charge on any atom is -0.438 e. The maximum atomic E-state index is 13.6. The topological polar surface area (TPSA) is 63.7 Å². The molecule has 2 aromatic carbocycles. The summed E-state index contributed by atoms with van der Waals surface area (Å²) in [7, 11) is 0. The van der Waals surface area contributed by atoms with Crippen LogP contribution in [-0.4, -0.2) is 27.4 Å². The summed E-state index contributed by atoms with van der Waals surface area (Å²) in [6.07, 6.45) is 1.17. The van der Waals surface area contributed by atoms with E-state index in [9.17, 15) is 18.8 Å². The van der Waals surface area contributed by atoms with Crippen molar-refractivity contribution in [1.29, 1.82) is 0 Å². The van der Waals surface area contributed by atoms with Crippen molar-refractivity contribution < 1.29 is 23.5 Å². The van der Waals surface area contributed by atoms with E-state index in [1.807, 2.05) is 37.3 Å². The van der Waals surface area contributed by atoms with Crippen molar-refractivity contribution in [3.05, 3.63) is 65.7 Å². The Labute approximate surface area is 182 Å². The molecule has 0 bridgehead atoms. The lowest BCUT2D eigenvalue weighted by Crippen LogP contribution is -2.60. The van der Waals surface area contributed by atoms with Gasteiger partial charge in [0.1, 0.15) is 0 Å². The quantitative estimate of drug-likeness (QED) is 0.237. The van der Waals surface area contributed by atoms with Gasteiger partial charge in [0.2, 0.25) is 9.96 Å². The molecule has 0 radical (unpaired) electrons. The number of para-hydroxylation sites is 1. The molecule has 2 unspecified atom stereocenters. The number of esters is 1. The first-order chi connectivity index (χ1) is 13.9. The SMILES string of the molecule is CCCCC1(OC(=O)C(F)I)C(=O)c2ccccc2N(Cc2ccccc2)C1=O. The normalized spacial score (nSPS) is 19.6. The number of alkyl halides is 2. The zero-order valence-electron chi connectivity index (χ0n) is 15.9. The van der Waals surface area contributed by atoms with Crippen LogP contribution in [0.25, 0.3) is 0 Å². The van der Waals surface area contributed by atoms with Crippen LogP contribution in [0.3, 0.4) is 0 Å². The standard InChI is InChI=1S/C22H21FINO4/c1-2-3-13-22(29-20(27)19(23)24)18(26)16-11-7-8-12-17(16)25(21(22)28)14-15-9-5-4-6-10-15/h4-12,19H,2-3,13-14H2,1H3. The third-order valence-corrected chi connectivity index (χ3v) is 5.42. The van der Waals surface area contributed by atoms with E-state index in [4.69, 9.17) is 4.74 Å². The van der Waals surface area contributed by atoms with Gasteiger partial charge in [-0.2, -0.15) is 0 Å². The maximum absolute atomic E-state index is 13.6. The summed E-state index contributed by atoms with van der Waals surface area (Å²) in [5.41, 5.74) is -0.444. The molecule has 0 aliphatic carbocycles. The van der Waals surface area contributed by atoms with E-state index in [0.29, 0.717) is 18.5 Å². The van der Waals surface area contributed by atoms with E-state index < -0.39 is 27.4 Å². The zero-order chi connectivity index (χ0) is 21.0. The molecule has 0 fully saturated rings. The van der Waals surface area contributed by atoms with Crippen molar-refractivity contribution in [3.8, 4) is 0 Å². The Morgan fingerprint density at radius 2 is 1.79 bits per heavy atom. The van der Waals surface area contributed by atoms with Crippen molar-refractivity contribution in [1.82, 2.24) is 0 Å². The maximum Gasteiger partial charge on any atom is 0.352 e. The van der Waals surface area contributed by atoms with Crippen LogP contribution in [0.1, 0.15) is 42.1 Å². The number of nitrogens with zero attached hydrogens (tertiary/aromatic N) is 1. The number of ketones is 1. The van der Waals surface area contributed by atoms with Crippen molar-refractivity contribution in [2.75, 3.05) is 4.90 Å². The smallest absolute Gasteiger partial charge is 0.352 e. The number of benzene rings is 2. The molecule has 29 heavy (non-hydrogen) atoms. The van der Waals surface area contributed by atoms with Gasteiger partial charge in [0, 0.05) is 12.0 Å². The van der Waals surface area contributed by atoms with Crippen LogP contribution in [0.15, 0.2) is 54.6 Å². The highest BCUT2D eigenvalue weighted by Gasteiger charge is 2.56. The fourth-order valence-electron chi connectivity index (χ4n) is 3.47. The first-order valence-corrected chi connectivity index (χ1v) is 10.7. The molecule has 1 heterocycles. The molecule has 1 aliphatic heterocycles. The highest BCUT2D eigenvalue weighted by molar-refractivity contribution is 14.1. The Bertz CT molecular complexity index is 918. The second kappa shape index (κ2) is 9.02. The van der Waals surface area contributed by atoms with E-state index in [1.165, 1.54) is 27.5 Å². The molecule has 0 spiro atoms. The zero-order valence-corrected chi connectivity index (χ0v) is 18.1. The summed E-state index contributed by atoms with van der Waals surface area (Å²) >= 11 is 1.27. The highest BCUT2D eigenvalue weighted by Crippen LogP contribution is 2.39. The van der Waals surface area contributed by atoms with Crippen LogP contribution in [-0.2, 0) is 20.9 Å². The fourth-order valence-corrected chi connectivity index (χ4v) is 3.60. The number of fused-ring (bicyclic) bond motifs is 1. The molecule has 2 atom stereocenters. The number of carbonyl (C=O) groups excluding carboxylic acids is 3. The number of anilines is 1. The largest absolute Gasteiger partial charge is 0.438 e. The second-order valence-corrected chi connectivity index (χ2v) is 7.97. The Kier molecular flexibility index (Phi) is 6.66. The van der Waals surface area contributed by atoms with Gasteiger partial charge in [-0.15, -0.1) is 0 Å². The molecule has 1 aliphatic rings. The minimum atomic E-state index is -2.05. The lowest BCUT2D eigenvalue weighted by Gasteiger charge is -2.40. The number of hydrogen-bond acceptors (Lipinski definition) is 4. The molecule has 5 nitrogen and oxygen atoms in total. The molecule has 1 amide bonds. The molecule has 7 heteroatoms. The Morgan fingerprint density at radius 3 is 2.45 bits per heavy atom. The number of hydrogen-bond donors (Lipinski definition) is 0. The van der Waals surface area contributed by atoms with E-state index in [0.717, 1.165) is 5.56 Å². The van der Waals surface area contributed by atoms with E-state index in [1.54, 1.807) is 24.3 Å². The molecule has 3 rings (SSSR count). The molecule has 152 valence electrons. The lowest BCUT2D eigenvalue weighted by molar-refractivity contribution is -0.164. The van der Waals surface area contributed by atoms with Crippen LogP contribution in [0.4, 0.5) is 10.1 Å². The van der Waals surface area contributed by atoms with Crippen LogP contribution >= 0.6 is 22.6 Å². The first kappa shape index (κ1) is 21.4. The van der Waals surface area contributed by atoms with Gasteiger partial charge < -0.3 is 9.64 Å². The number of unbranched alkanes of at least 4 members (excludes halogenated alkanes) is 1. The third kappa shape index (κ3) is 4.19. The van der Waals surface area contributed by atoms with Gasteiger partial charge >= 0.3 is 5.97 Å². The average Bonchev–Trinajstić information content (AvgIpc) is 2.74. The molecule has 0 N–H and O–H groups in total. The van der Waals surface area contributed by atoms with E-state index in [2.05, 4.69) is 0 Å². The van der Waals surface area contributed by atoms with E-state index in [-0.39, 0.29) is 18.5 Å². The summed E-state index contributed by atoms with van der Waals surface area (Å²) in [6.45, 7) is 2.11. The summed E-state index contributed by atoms with van der Waals surface area (Å²) in [4.78, 5) is 40.5. The van der Waals surface area contributed by atoms with E-state index >= 15 is 0 Å². The van der Waals surface area contributed by atoms with Crippen LogP contribution < -0.4 is 4.90 Å². The van der Waals surface area contributed by atoms with Gasteiger partial charge in [0.15, 0.2) is 0 Å². The predicted octanol–water partition coefficient (Wildman–Crippen LogP) is 4.62. The summed E-state index contributed by atoms with van der Waals surface area (Å²) in [6, 6.07) is 16.0. The van der Waals surface area contributed by atoms with Crippen LogP contribution in [0.5, 0.6) is 0 Å². The van der Waals surface area contributed by atoms with Crippen molar-refractivity contribution >= 4 is 45.9 Å². The third-order valence-electron chi connectivity index (χ3n) is 4.92. The van der Waals surface area contributed by atoms with Crippen molar-refractivity contribution in [2.24, 2.45) is 0 Å². The molecule has 0 aromatic heterocycles. The number of amides is 1. The van der Waals surface area contributed by atoms with Gasteiger partial charge in [-0.1, -0.05) is 55.8 Å². The Morgan fingerprint density at radius 1 is 1.14 bits per heavy atom. The molecular formula is C22H21FINO4. The lowest BCUT2D eigenvalue weighted by atomic mass is 9.82. The number of rotatable bonds is 7. The molecule has 0 saturated carbocycles. The first-order valence-electron chi connectivity index (χ1n) is 9.41. The second-order valence-electron chi connectivity index (χ2n) is 6.88. The van der Waals surface area contributed by atoms with Crippen molar-refractivity contribution in [2.45, 2.75) is 42.5 Å². The monoisotopic (exact) mass is 509 g/mol. The molecule has 0 saturated heterocycles. The minimum absolute atomic E-state index is 0.00981. The number of ether oxygens (including phenoxy) is 1. The number of halogens is 2. The van der Waals surface area contributed by atoms with Gasteiger partial charge in [0.05, 0.1) is 12.2 Å². The van der Waals surface area contributed by atoms with Gasteiger partial charge in [-0.3, -0.25) is 9.59 Å². The Hall–Kier alpha value is -2.29. The predicted molar refractivity (Wildman–Crippen MR) is 116 cm³/mol. The van der Waals surface area contributed by atoms with Gasteiger partial charge in [-0.25, -0.2) is 9.18 Å². The summed E-state index contributed by atoms with van der Waals surface area (Å²) in [5.74, 6) is -2.45. The molecular weight excluding hydrogens is 488 g/mol. The average molecular weight is 509 g/mol.